The monoisotopic (exact) mass is 623 g/mol. The van der Waals surface area contributed by atoms with Crippen LogP contribution in [0.25, 0.3) is 9.40 Å². The van der Waals surface area contributed by atoms with Gasteiger partial charge in [0.25, 0.3) is 0 Å². The van der Waals surface area contributed by atoms with E-state index in [-0.39, 0.29) is 36.8 Å². The molecule has 1 saturated heterocycles. The molecule has 2 aliphatic carbocycles. The van der Waals surface area contributed by atoms with E-state index < -0.39 is 29.1 Å². The molecular formula is C33H37NO7S2. The first-order valence-corrected chi connectivity index (χ1v) is 16.8. The molecule has 2 aromatic heterocycles. The number of Topliss-reactive ketones (excluding diaryl/α,β-unsaturated/α-hetero) is 1. The van der Waals surface area contributed by atoms with Crippen LogP contribution in [0.5, 0.6) is 11.5 Å². The van der Waals surface area contributed by atoms with Gasteiger partial charge in [-0.3, -0.25) is 19.3 Å². The molecular weight excluding hydrogens is 586 g/mol. The van der Waals surface area contributed by atoms with Gasteiger partial charge in [-0.05, 0) is 88.6 Å². The van der Waals surface area contributed by atoms with Gasteiger partial charge >= 0.3 is 11.9 Å². The summed E-state index contributed by atoms with van der Waals surface area (Å²) >= 11 is 2.98. The van der Waals surface area contributed by atoms with E-state index in [1.165, 1.54) is 35.5 Å². The van der Waals surface area contributed by atoms with Crippen molar-refractivity contribution in [3.8, 4) is 11.5 Å². The summed E-state index contributed by atoms with van der Waals surface area (Å²) in [5, 5.41) is 21.8. The minimum absolute atomic E-state index is 0.00712. The molecule has 3 fully saturated rings. The van der Waals surface area contributed by atoms with Crippen molar-refractivity contribution >= 4 is 49.8 Å². The standard InChI is InChI=1S/C33H37NO7S2/c1-16-5-8-22(40-26(38)14-24-18(3)30-29(43-24)17(2)23(42-30)13-25(36)37)28-27(16)32-11-12-34(15-20-6-7-20)19(4)33(32,39)10-9-21(35)31(32)41-28/h5,8,19-20,31,39H,6-7,9-15H2,1-4H3,(H,36,37)/t19-,31+,32+,33-/m1/s1. The number of likely N-dealkylation sites (tertiary alicyclic amines) is 1. The Bertz CT molecular complexity index is 1690. The Kier molecular flexibility index (Phi) is 6.81. The molecule has 3 aromatic rings. The maximum absolute atomic E-state index is 13.4. The van der Waals surface area contributed by atoms with Crippen molar-refractivity contribution in [3.63, 3.8) is 0 Å². The van der Waals surface area contributed by atoms with E-state index in [1.54, 1.807) is 6.07 Å². The Morgan fingerprint density at radius 1 is 1.07 bits per heavy atom. The molecule has 7 rings (SSSR count). The summed E-state index contributed by atoms with van der Waals surface area (Å²) in [7, 11) is 0. The molecule has 0 radical (unpaired) electrons. The lowest BCUT2D eigenvalue weighted by atomic mass is 9.52. The SMILES string of the molecule is Cc1ccc(OC(=O)Cc2sc3c(C)c(CC(=O)O)sc3c2C)c2c1[C@]13CCN(CC4CC4)[C@H](C)[C@]1(O)CCC(=O)[C@@H]3O2. The number of nitrogens with zero attached hydrogens (tertiary/aromatic N) is 1. The molecule has 4 atom stereocenters. The van der Waals surface area contributed by atoms with Gasteiger partial charge in [0.05, 0.1) is 23.9 Å². The number of carboxylic acid groups (broad SMARTS) is 1. The highest BCUT2D eigenvalue weighted by atomic mass is 32.1. The molecule has 43 heavy (non-hydrogen) atoms. The number of piperidine rings is 1. The van der Waals surface area contributed by atoms with Crippen LogP contribution < -0.4 is 9.47 Å². The van der Waals surface area contributed by atoms with Crippen molar-refractivity contribution in [1.82, 2.24) is 4.90 Å². The highest BCUT2D eigenvalue weighted by Crippen LogP contribution is 2.62. The number of ether oxygens (including phenoxy) is 2. The number of aliphatic carboxylic acids is 1. The second kappa shape index (κ2) is 10.1. The molecule has 0 unspecified atom stereocenters. The van der Waals surface area contributed by atoms with Crippen LogP contribution in [-0.4, -0.2) is 63.7 Å². The number of hydrogen-bond donors (Lipinski definition) is 2. The number of carbonyl (C=O) groups excluding carboxylic acids is 2. The van der Waals surface area contributed by atoms with E-state index in [9.17, 15) is 24.6 Å². The fourth-order valence-corrected chi connectivity index (χ4v) is 10.8. The highest BCUT2D eigenvalue weighted by Gasteiger charge is 2.70. The Morgan fingerprint density at radius 2 is 1.74 bits per heavy atom. The van der Waals surface area contributed by atoms with Gasteiger partial charge in [-0.1, -0.05) is 6.07 Å². The van der Waals surface area contributed by atoms with E-state index in [0.29, 0.717) is 24.5 Å². The Labute approximate surface area is 258 Å². The summed E-state index contributed by atoms with van der Waals surface area (Å²) in [5.74, 6) is 0.0916. The van der Waals surface area contributed by atoms with E-state index in [2.05, 4.69) is 11.8 Å². The van der Waals surface area contributed by atoms with Gasteiger partial charge in [0.15, 0.2) is 23.4 Å². The average Bonchev–Trinajstić information content (AvgIpc) is 3.53. The van der Waals surface area contributed by atoms with Crippen LogP contribution in [-0.2, 0) is 32.6 Å². The predicted molar refractivity (Wildman–Crippen MR) is 165 cm³/mol. The molecule has 8 nitrogen and oxygen atoms in total. The summed E-state index contributed by atoms with van der Waals surface area (Å²) in [6.07, 6.45) is 2.98. The number of ketones is 1. The minimum atomic E-state index is -1.14. The molecule has 10 heteroatoms. The van der Waals surface area contributed by atoms with Gasteiger partial charge in [0, 0.05) is 43.7 Å². The molecule has 4 heterocycles. The quantitative estimate of drug-likeness (QED) is 0.271. The molecule has 0 bridgehead atoms. The largest absolute Gasteiger partial charge is 0.481 e. The van der Waals surface area contributed by atoms with E-state index in [1.807, 2.05) is 26.8 Å². The van der Waals surface area contributed by atoms with Crippen LogP contribution >= 0.6 is 22.7 Å². The third kappa shape index (κ3) is 4.31. The van der Waals surface area contributed by atoms with E-state index >= 15 is 0 Å². The second-order valence-corrected chi connectivity index (χ2v) is 15.2. The number of fused-ring (bicyclic) bond motifs is 2. The smallest absolute Gasteiger partial charge is 0.316 e. The lowest BCUT2D eigenvalue weighted by molar-refractivity contribution is -0.181. The zero-order chi connectivity index (χ0) is 30.4. The lowest BCUT2D eigenvalue weighted by Gasteiger charge is -2.59. The number of aliphatic hydroxyl groups is 1. The van der Waals surface area contributed by atoms with Gasteiger partial charge in [0.2, 0.25) is 0 Å². The summed E-state index contributed by atoms with van der Waals surface area (Å²) in [4.78, 5) is 42.2. The number of thiophene rings is 2. The maximum Gasteiger partial charge on any atom is 0.316 e. The maximum atomic E-state index is 13.4. The molecule has 1 aromatic carbocycles. The van der Waals surface area contributed by atoms with E-state index in [0.717, 1.165) is 54.5 Å². The van der Waals surface area contributed by atoms with Gasteiger partial charge in [-0.2, -0.15) is 0 Å². The average molecular weight is 624 g/mol. The number of carbonyl (C=O) groups is 3. The van der Waals surface area contributed by atoms with Crippen LogP contribution in [0.4, 0.5) is 0 Å². The van der Waals surface area contributed by atoms with Crippen LogP contribution in [0.3, 0.4) is 0 Å². The van der Waals surface area contributed by atoms with Gasteiger partial charge in [-0.15, -0.1) is 22.7 Å². The molecule has 4 aliphatic rings. The van der Waals surface area contributed by atoms with Crippen LogP contribution in [0.1, 0.15) is 71.0 Å². The second-order valence-electron chi connectivity index (χ2n) is 13.0. The van der Waals surface area contributed by atoms with Gasteiger partial charge < -0.3 is 19.7 Å². The predicted octanol–water partition coefficient (Wildman–Crippen LogP) is 5.26. The van der Waals surface area contributed by atoms with Crippen molar-refractivity contribution in [1.29, 1.82) is 0 Å². The zero-order valence-corrected chi connectivity index (χ0v) is 26.6. The van der Waals surface area contributed by atoms with Crippen LogP contribution in [0.15, 0.2) is 12.1 Å². The zero-order valence-electron chi connectivity index (χ0n) is 25.0. The lowest BCUT2D eigenvalue weighted by Crippen LogP contribution is -2.74. The normalized spacial score (nSPS) is 28.3. The fourth-order valence-electron chi connectivity index (χ4n) is 7.97. The highest BCUT2D eigenvalue weighted by molar-refractivity contribution is 7.28. The molecule has 2 saturated carbocycles. The Morgan fingerprint density at radius 3 is 2.40 bits per heavy atom. The summed E-state index contributed by atoms with van der Waals surface area (Å²) in [6, 6.07) is 3.51. The number of carboxylic acids is 1. The Balaban J connectivity index is 1.19. The van der Waals surface area contributed by atoms with Crippen molar-refractivity contribution in [3.05, 3.63) is 44.1 Å². The van der Waals surface area contributed by atoms with Crippen LogP contribution in [0.2, 0.25) is 0 Å². The summed E-state index contributed by atoms with van der Waals surface area (Å²) in [5.41, 5.74) is 1.63. The van der Waals surface area contributed by atoms with Gasteiger partial charge in [-0.25, -0.2) is 0 Å². The number of benzene rings is 1. The summed E-state index contributed by atoms with van der Waals surface area (Å²) in [6.45, 7) is 9.71. The minimum Gasteiger partial charge on any atom is -0.481 e. The summed E-state index contributed by atoms with van der Waals surface area (Å²) < 4.78 is 14.5. The third-order valence-electron chi connectivity index (χ3n) is 10.5. The number of hydrogen-bond acceptors (Lipinski definition) is 9. The first kappa shape index (κ1) is 29.0. The Hall–Kier alpha value is -2.79. The topological polar surface area (TPSA) is 113 Å². The third-order valence-corrected chi connectivity index (χ3v) is 13.5. The van der Waals surface area contributed by atoms with Crippen molar-refractivity contribution in [2.75, 3.05) is 13.1 Å². The molecule has 2 aliphatic heterocycles. The molecule has 1 spiro atoms. The van der Waals surface area contributed by atoms with Crippen molar-refractivity contribution in [2.24, 2.45) is 5.92 Å². The number of esters is 1. The van der Waals surface area contributed by atoms with Gasteiger partial charge in [0.1, 0.15) is 0 Å². The van der Waals surface area contributed by atoms with Crippen molar-refractivity contribution in [2.45, 2.75) is 95.8 Å². The number of rotatable bonds is 7. The molecule has 228 valence electrons. The number of aryl methyl sites for hydroxylation is 3. The molecule has 2 N–H and O–H groups in total. The molecule has 0 amide bonds. The van der Waals surface area contributed by atoms with Crippen LogP contribution in [0, 0.1) is 26.7 Å². The first-order valence-electron chi connectivity index (χ1n) is 15.2. The first-order chi connectivity index (χ1) is 20.4. The van der Waals surface area contributed by atoms with E-state index in [4.69, 9.17) is 9.47 Å². The fraction of sp³-hybridized carbons (Fsp3) is 0.545. The van der Waals surface area contributed by atoms with Crippen molar-refractivity contribution < 1.29 is 34.1 Å².